The van der Waals surface area contributed by atoms with Crippen molar-refractivity contribution in [1.29, 1.82) is 0 Å². The topological polar surface area (TPSA) is 44.4 Å². The van der Waals surface area contributed by atoms with E-state index >= 15 is 0 Å². The normalized spacial score (nSPS) is 23.6. The van der Waals surface area contributed by atoms with Crippen LogP contribution in [0.1, 0.15) is 17.5 Å². The van der Waals surface area contributed by atoms with Gasteiger partial charge >= 0.3 is 0 Å². The van der Waals surface area contributed by atoms with E-state index in [-0.39, 0.29) is 11.9 Å². The molecule has 0 spiro atoms. The highest BCUT2D eigenvalue weighted by Crippen LogP contribution is 2.17. The molecule has 1 saturated heterocycles. The van der Waals surface area contributed by atoms with Crippen molar-refractivity contribution in [3.05, 3.63) is 35.4 Å². The van der Waals surface area contributed by atoms with E-state index in [1.54, 1.807) is 0 Å². The van der Waals surface area contributed by atoms with Crippen LogP contribution < -0.4 is 10.6 Å². The summed E-state index contributed by atoms with van der Waals surface area (Å²) in [6.07, 6.45) is 1.87. The molecule has 102 valence electrons. The Morgan fingerprint density at radius 3 is 2.89 bits per heavy atom. The molecule has 4 nitrogen and oxygen atoms in total. The predicted octanol–water partition coefficient (Wildman–Crippen LogP) is 0.523. The van der Waals surface area contributed by atoms with E-state index in [9.17, 15) is 4.79 Å². The van der Waals surface area contributed by atoms with Crippen LogP contribution in [-0.4, -0.2) is 43.0 Å². The number of fused-ring (bicyclic) bond motifs is 1. The molecule has 1 amide bonds. The van der Waals surface area contributed by atoms with Crippen LogP contribution in [0.2, 0.25) is 0 Å². The molecular weight excluding hydrogens is 238 g/mol. The Hall–Kier alpha value is -1.39. The van der Waals surface area contributed by atoms with Crippen molar-refractivity contribution < 1.29 is 4.79 Å². The zero-order valence-corrected chi connectivity index (χ0v) is 11.2. The Morgan fingerprint density at radius 2 is 2.00 bits per heavy atom. The second kappa shape index (κ2) is 5.72. The Balaban J connectivity index is 1.68. The van der Waals surface area contributed by atoms with Gasteiger partial charge in [-0.25, -0.2) is 0 Å². The number of nitrogens with zero attached hydrogens (tertiary/aromatic N) is 1. The third-order valence-electron chi connectivity index (χ3n) is 4.03. The lowest BCUT2D eigenvalue weighted by Crippen LogP contribution is -2.50. The fourth-order valence-electron chi connectivity index (χ4n) is 2.92. The molecule has 2 aliphatic rings. The summed E-state index contributed by atoms with van der Waals surface area (Å²) in [6, 6.07) is 8.34. The van der Waals surface area contributed by atoms with Gasteiger partial charge in [-0.05, 0) is 30.5 Å². The highest BCUT2D eigenvalue weighted by atomic mass is 16.2. The maximum Gasteiger partial charge on any atom is 0.240 e. The first kappa shape index (κ1) is 12.6. The van der Waals surface area contributed by atoms with Crippen LogP contribution in [0.4, 0.5) is 0 Å². The molecule has 1 unspecified atom stereocenters. The second-order valence-corrected chi connectivity index (χ2v) is 5.34. The van der Waals surface area contributed by atoms with Gasteiger partial charge < -0.3 is 15.5 Å². The quantitative estimate of drug-likeness (QED) is 0.773. The molecule has 0 radical (unpaired) electrons. The molecule has 2 aliphatic heterocycles. The molecule has 0 bridgehead atoms. The van der Waals surface area contributed by atoms with Gasteiger partial charge in [0.05, 0.1) is 6.04 Å². The Kier molecular flexibility index (Phi) is 3.80. The van der Waals surface area contributed by atoms with Gasteiger partial charge in [0, 0.05) is 26.2 Å². The number of nitrogens with one attached hydrogen (secondary N) is 2. The van der Waals surface area contributed by atoms with Crippen LogP contribution in [0.25, 0.3) is 0 Å². The minimum absolute atomic E-state index is 0.0481. The van der Waals surface area contributed by atoms with Crippen molar-refractivity contribution in [1.82, 2.24) is 15.5 Å². The molecule has 0 aromatic heterocycles. The predicted molar refractivity (Wildman–Crippen MR) is 74.8 cm³/mol. The van der Waals surface area contributed by atoms with Crippen LogP contribution >= 0.6 is 0 Å². The zero-order valence-electron chi connectivity index (χ0n) is 11.2. The number of carbonyl (C=O) groups is 1. The number of amides is 1. The average Bonchev–Trinajstić information content (AvgIpc) is 2.75. The Bertz CT molecular complexity index is 452. The highest BCUT2D eigenvalue weighted by Gasteiger charge is 2.27. The lowest BCUT2D eigenvalue weighted by atomic mass is 9.95. The van der Waals surface area contributed by atoms with Gasteiger partial charge in [-0.2, -0.15) is 0 Å². The molecule has 1 fully saturated rings. The van der Waals surface area contributed by atoms with Gasteiger partial charge in [0.25, 0.3) is 0 Å². The molecule has 0 aliphatic carbocycles. The standard InChI is InChI=1S/C15H21N3O/c19-15(18-8-3-6-16-7-9-18)14-10-12-4-1-2-5-13(12)11-17-14/h1-2,4-5,14,16-17H,3,6-11H2. The summed E-state index contributed by atoms with van der Waals surface area (Å²) in [5, 5.41) is 6.72. The van der Waals surface area contributed by atoms with E-state index in [4.69, 9.17) is 0 Å². The summed E-state index contributed by atoms with van der Waals surface area (Å²) >= 11 is 0. The van der Waals surface area contributed by atoms with Crippen LogP contribution in [0.3, 0.4) is 0 Å². The molecule has 4 heteroatoms. The first-order valence-electron chi connectivity index (χ1n) is 7.14. The summed E-state index contributed by atoms with van der Waals surface area (Å²) in [5.41, 5.74) is 2.64. The molecule has 3 rings (SSSR count). The summed E-state index contributed by atoms with van der Waals surface area (Å²) in [6.45, 7) is 4.45. The minimum Gasteiger partial charge on any atom is -0.340 e. The molecule has 1 aromatic carbocycles. The maximum absolute atomic E-state index is 12.6. The monoisotopic (exact) mass is 259 g/mol. The molecule has 1 atom stereocenters. The Morgan fingerprint density at radius 1 is 1.16 bits per heavy atom. The number of benzene rings is 1. The van der Waals surface area contributed by atoms with Crippen molar-refractivity contribution in [2.24, 2.45) is 0 Å². The third-order valence-corrected chi connectivity index (χ3v) is 4.03. The van der Waals surface area contributed by atoms with Crippen molar-refractivity contribution >= 4 is 5.91 Å². The van der Waals surface area contributed by atoms with Gasteiger partial charge in [0.15, 0.2) is 0 Å². The fraction of sp³-hybridized carbons (Fsp3) is 0.533. The molecule has 0 saturated carbocycles. The smallest absolute Gasteiger partial charge is 0.240 e. The second-order valence-electron chi connectivity index (χ2n) is 5.34. The summed E-state index contributed by atoms with van der Waals surface area (Å²) in [4.78, 5) is 14.6. The third kappa shape index (κ3) is 2.80. The van der Waals surface area contributed by atoms with Crippen molar-refractivity contribution in [2.75, 3.05) is 26.2 Å². The van der Waals surface area contributed by atoms with E-state index in [2.05, 4.69) is 34.9 Å². The highest BCUT2D eigenvalue weighted by molar-refractivity contribution is 5.82. The SMILES string of the molecule is O=C(C1Cc2ccccc2CN1)N1CCCNCC1. The number of carbonyl (C=O) groups excluding carboxylic acids is 1. The molecule has 2 N–H and O–H groups in total. The largest absolute Gasteiger partial charge is 0.340 e. The van der Waals surface area contributed by atoms with E-state index in [0.29, 0.717) is 0 Å². The van der Waals surface area contributed by atoms with Gasteiger partial charge in [-0.3, -0.25) is 4.79 Å². The first-order valence-corrected chi connectivity index (χ1v) is 7.14. The van der Waals surface area contributed by atoms with Gasteiger partial charge in [0.1, 0.15) is 0 Å². The molecule has 1 aromatic rings. The number of hydrogen-bond acceptors (Lipinski definition) is 3. The first-order chi connectivity index (χ1) is 9.34. The van der Waals surface area contributed by atoms with Gasteiger partial charge in [0.2, 0.25) is 5.91 Å². The summed E-state index contributed by atoms with van der Waals surface area (Å²) in [5.74, 6) is 0.262. The van der Waals surface area contributed by atoms with Gasteiger partial charge in [-0.1, -0.05) is 24.3 Å². The molecule has 19 heavy (non-hydrogen) atoms. The zero-order chi connectivity index (χ0) is 13.1. The van der Waals surface area contributed by atoms with E-state index in [1.807, 2.05) is 4.90 Å². The maximum atomic E-state index is 12.6. The number of rotatable bonds is 1. The summed E-state index contributed by atoms with van der Waals surface area (Å²) < 4.78 is 0. The lowest BCUT2D eigenvalue weighted by molar-refractivity contribution is -0.133. The van der Waals surface area contributed by atoms with Crippen LogP contribution in [0.5, 0.6) is 0 Å². The number of hydrogen-bond donors (Lipinski definition) is 2. The average molecular weight is 259 g/mol. The Labute approximate surface area is 114 Å². The summed E-state index contributed by atoms with van der Waals surface area (Å²) in [7, 11) is 0. The molecular formula is C15H21N3O. The lowest BCUT2D eigenvalue weighted by Gasteiger charge is -2.30. The van der Waals surface area contributed by atoms with Crippen LogP contribution in [0.15, 0.2) is 24.3 Å². The molecule has 2 heterocycles. The van der Waals surface area contributed by atoms with Crippen molar-refractivity contribution in [3.63, 3.8) is 0 Å². The van der Waals surface area contributed by atoms with E-state index in [0.717, 1.165) is 45.6 Å². The fourth-order valence-corrected chi connectivity index (χ4v) is 2.92. The van der Waals surface area contributed by atoms with Crippen molar-refractivity contribution in [2.45, 2.75) is 25.4 Å². The van der Waals surface area contributed by atoms with E-state index in [1.165, 1.54) is 11.1 Å². The minimum atomic E-state index is -0.0481. The van der Waals surface area contributed by atoms with Gasteiger partial charge in [-0.15, -0.1) is 0 Å². The van der Waals surface area contributed by atoms with Crippen molar-refractivity contribution in [3.8, 4) is 0 Å². The van der Waals surface area contributed by atoms with E-state index < -0.39 is 0 Å². The van der Waals surface area contributed by atoms with Crippen LogP contribution in [-0.2, 0) is 17.8 Å². The van der Waals surface area contributed by atoms with Crippen LogP contribution in [0, 0.1) is 0 Å².